The fourth-order valence-electron chi connectivity index (χ4n) is 1.94. The number of hydrazine groups is 2. The van der Waals surface area contributed by atoms with Crippen molar-refractivity contribution in [3.8, 4) is 0 Å². The highest BCUT2D eigenvalue weighted by Gasteiger charge is 2.33. The van der Waals surface area contributed by atoms with Crippen LogP contribution in [0, 0.1) is 0 Å². The predicted octanol–water partition coefficient (Wildman–Crippen LogP) is 0.802. The van der Waals surface area contributed by atoms with Gasteiger partial charge in [-0.15, -0.1) is 37.0 Å². The Morgan fingerprint density at radius 1 is 1.26 bits per heavy atom. The Labute approximate surface area is 139 Å². The van der Waals surface area contributed by atoms with Crippen LogP contribution < -0.4 is 5.32 Å². The van der Waals surface area contributed by atoms with Crippen LogP contribution in [0.2, 0.25) is 0 Å². The van der Waals surface area contributed by atoms with Crippen LogP contribution in [0.4, 0.5) is 0 Å². The van der Waals surface area contributed by atoms with E-state index in [0.29, 0.717) is 21.9 Å². The second-order valence-corrected chi connectivity index (χ2v) is 7.36. The SMILES string of the molecule is S=C(S)N(C1NCCS1)N(C(=S)S)N1CCOCC1. The van der Waals surface area contributed by atoms with Crippen LogP contribution in [0.15, 0.2) is 0 Å². The van der Waals surface area contributed by atoms with E-state index in [2.05, 4.69) is 35.6 Å². The van der Waals surface area contributed by atoms with E-state index in [-0.39, 0.29) is 5.50 Å². The summed E-state index contributed by atoms with van der Waals surface area (Å²) in [6.45, 7) is 3.80. The molecule has 0 saturated carbocycles. The van der Waals surface area contributed by atoms with E-state index in [9.17, 15) is 0 Å². The van der Waals surface area contributed by atoms with Gasteiger partial charge in [-0.25, -0.2) is 5.01 Å². The molecule has 1 atom stereocenters. The summed E-state index contributed by atoms with van der Waals surface area (Å²) in [5.74, 6) is 1.04. The molecule has 2 aliphatic rings. The number of thiol groups is 2. The molecule has 2 saturated heterocycles. The molecule has 2 fully saturated rings. The molecule has 0 bridgehead atoms. The van der Waals surface area contributed by atoms with Crippen LogP contribution in [0.1, 0.15) is 0 Å². The number of thioether (sulfide) groups is 1. The highest BCUT2D eigenvalue weighted by molar-refractivity contribution is 8.11. The zero-order chi connectivity index (χ0) is 13.8. The minimum absolute atomic E-state index is 0.0398. The smallest absolute Gasteiger partial charge is 0.169 e. The molecule has 0 radical (unpaired) electrons. The van der Waals surface area contributed by atoms with Gasteiger partial charge < -0.3 is 4.74 Å². The summed E-state index contributed by atoms with van der Waals surface area (Å²) in [6.07, 6.45) is 0. The highest BCUT2D eigenvalue weighted by Crippen LogP contribution is 2.24. The molecule has 0 aromatic heterocycles. The van der Waals surface area contributed by atoms with E-state index in [1.54, 1.807) is 11.8 Å². The van der Waals surface area contributed by atoms with E-state index < -0.39 is 0 Å². The first-order valence-electron chi connectivity index (χ1n) is 5.84. The second-order valence-electron chi connectivity index (χ2n) is 3.94. The largest absolute Gasteiger partial charge is 0.379 e. The lowest BCUT2D eigenvalue weighted by atomic mass is 10.5. The van der Waals surface area contributed by atoms with Gasteiger partial charge in [-0.1, -0.05) is 12.2 Å². The van der Waals surface area contributed by atoms with Crippen molar-refractivity contribution < 1.29 is 4.74 Å². The fraction of sp³-hybridized carbons (Fsp3) is 0.778. The number of nitrogens with one attached hydrogen (secondary N) is 1. The Morgan fingerprint density at radius 3 is 2.42 bits per heavy atom. The third kappa shape index (κ3) is 4.10. The van der Waals surface area contributed by atoms with Gasteiger partial charge >= 0.3 is 0 Å². The summed E-state index contributed by atoms with van der Waals surface area (Å²) in [4.78, 5) is 0. The molecule has 0 spiro atoms. The number of hydrogen-bond donors (Lipinski definition) is 3. The van der Waals surface area contributed by atoms with Crippen molar-refractivity contribution in [2.24, 2.45) is 0 Å². The molecule has 108 valence electrons. The second kappa shape index (κ2) is 7.64. The van der Waals surface area contributed by atoms with E-state index in [1.165, 1.54) is 0 Å². The van der Waals surface area contributed by atoms with E-state index >= 15 is 0 Å². The number of hydrogen-bond acceptors (Lipinski definition) is 6. The summed E-state index contributed by atoms with van der Waals surface area (Å²) in [5, 5.41) is 9.15. The van der Waals surface area contributed by atoms with Crippen molar-refractivity contribution in [2.45, 2.75) is 5.50 Å². The van der Waals surface area contributed by atoms with Crippen molar-refractivity contribution in [1.82, 2.24) is 20.5 Å². The molecule has 2 aliphatic heterocycles. The quantitative estimate of drug-likeness (QED) is 0.381. The molecule has 2 rings (SSSR count). The van der Waals surface area contributed by atoms with Crippen molar-refractivity contribution >= 4 is 70.1 Å². The molecule has 1 N–H and O–H groups in total. The van der Waals surface area contributed by atoms with Gasteiger partial charge in [-0.2, -0.15) is 10.1 Å². The van der Waals surface area contributed by atoms with Gasteiger partial charge in [0.15, 0.2) is 14.1 Å². The molecule has 1 unspecified atom stereocenters. The Hall–Kier alpha value is 0.710. The van der Waals surface area contributed by atoms with Crippen LogP contribution in [0.5, 0.6) is 0 Å². The molecule has 19 heavy (non-hydrogen) atoms. The van der Waals surface area contributed by atoms with Gasteiger partial charge in [0, 0.05) is 25.4 Å². The normalized spacial score (nSPS) is 24.2. The Balaban J connectivity index is 2.17. The maximum Gasteiger partial charge on any atom is 0.169 e. The first-order valence-corrected chi connectivity index (χ1v) is 8.60. The lowest BCUT2D eigenvalue weighted by molar-refractivity contribution is -0.126. The average Bonchev–Trinajstić information content (AvgIpc) is 2.89. The van der Waals surface area contributed by atoms with E-state index in [0.717, 1.165) is 25.4 Å². The van der Waals surface area contributed by atoms with Crippen molar-refractivity contribution in [2.75, 3.05) is 38.6 Å². The Bertz CT molecular complexity index is 346. The van der Waals surface area contributed by atoms with Crippen molar-refractivity contribution in [3.63, 3.8) is 0 Å². The van der Waals surface area contributed by atoms with Crippen molar-refractivity contribution in [1.29, 1.82) is 0 Å². The monoisotopic (exact) mass is 356 g/mol. The summed E-state index contributed by atoms with van der Waals surface area (Å²) >= 11 is 21.0. The third-order valence-corrected chi connectivity index (χ3v) is 4.60. The van der Waals surface area contributed by atoms with Gasteiger partial charge in [-0.05, 0) is 12.2 Å². The molecule has 10 heteroatoms. The molecule has 0 amide bonds. The number of rotatable bonds is 2. The summed E-state index contributed by atoms with van der Waals surface area (Å²) in [5.41, 5.74) is 0.0398. The molecular formula is C9H16N4OS5. The fourth-order valence-corrected chi connectivity index (χ4v) is 3.93. The average molecular weight is 357 g/mol. The Morgan fingerprint density at radius 2 is 1.95 bits per heavy atom. The zero-order valence-corrected chi connectivity index (χ0v) is 14.4. The molecule has 0 aromatic rings. The van der Waals surface area contributed by atoms with Gasteiger partial charge in [0.2, 0.25) is 0 Å². The minimum atomic E-state index is 0.0398. The molecule has 5 nitrogen and oxygen atoms in total. The highest BCUT2D eigenvalue weighted by atomic mass is 32.2. The van der Waals surface area contributed by atoms with Crippen molar-refractivity contribution in [3.05, 3.63) is 0 Å². The molecule has 2 heterocycles. The van der Waals surface area contributed by atoms with Crippen LogP contribution in [-0.4, -0.2) is 67.9 Å². The van der Waals surface area contributed by atoms with E-state index in [1.807, 2.05) is 10.1 Å². The number of ether oxygens (including phenoxy) is 1. The number of morpholine rings is 1. The number of thiocarbonyl (C=S) groups is 2. The molecular weight excluding hydrogens is 340 g/mol. The molecule has 0 aliphatic carbocycles. The molecule has 0 aromatic carbocycles. The van der Waals surface area contributed by atoms with Crippen LogP contribution in [0.3, 0.4) is 0 Å². The van der Waals surface area contributed by atoms with Gasteiger partial charge in [0.1, 0.15) is 0 Å². The van der Waals surface area contributed by atoms with Gasteiger partial charge in [0.05, 0.1) is 13.2 Å². The summed E-state index contributed by atoms with van der Waals surface area (Å²) in [6, 6.07) is 0. The lowest BCUT2D eigenvalue weighted by Gasteiger charge is -2.45. The zero-order valence-electron chi connectivity index (χ0n) is 10.2. The van der Waals surface area contributed by atoms with Gasteiger partial charge in [0.25, 0.3) is 0 Å². The van der Waals surface area contributed by atoms with Crippen LogP contribution >= 0.6 is 61.5 Å². The minimum Gasteiger partial charge on any atom is -0.379 e. The number of nitrogens with zero attached hydrogens (tertiary/aromatic N) is 3. The first kappa shape index (κ1) is 16.1. The van der Waals surface area contributed by atoms with Crippen LogP contribution in [-0.2, 0) is 4.74 Å². The lowest BCUT2D eigenvalue weighted by Crippen LogP contribution is -2.62. The third-order valence-electron chi connectivity index (χ3n) is 2.75. The first-order chi connectivity index (χ1) is 9.11. The maximum atomic E-state index is 5.37. The standard InChI is InChI=1S/C9H16N4OS5/c15-8(16)12(7-10-1-6-19-7)13(9(17)18)11-2-4-14-5-3-11/h7,10H,1-6H2,(H,15,16)(H,17,18). The van der Waals surface area contributed by atoms with Crippen LogP contribution in [0.25, 0.3) is 0 Å². The Kier molecular flexibility index (Phi) is 6.47. The topological polar surface area (TPSA) is 31.0 Å². The van der Waals surface area contributed by atoms with E-state index in [4.69, 9.17) is 29.2 Å². The van der Waals surface area contributed by atoms with Gasteiger partial charge in [-0.3, -0.25) is 5.32 Å². The summed E-state index contributed by atoms with van der Waals surface area (Å²) < 4.78 is 6.29. The maximum absolute atomic E-state index is 5.37. The predicted molar refractivity (Wildman–Crippen MR) is 93.5 cm³/mol. The summed E-state index contributed by atoms with van der Waals surface area (Å²) in [7, 11) is 0.